The second-order valence-corrected chi connectivity index (χ2v) is 6.94. The van der Waals surface area contributed by atoms with E-state index in [1.165, 1.54) is 18.3 Å². The van der Waals surface area contributed by atoms with Crippen molar-refractivity contribution < 1.29 is 13.5 Å². The van der Waals surface area contributed by atoms with Gasteiger partial charge >= 0.3 is 0 Å². The molecule has 22 heavy (non-hydrogen) atoms. The normalized spacial score (nSPS) is 14.4. The van der Waals surface area contributed by atoms with E-state index in [1.807, 2.05) is 0 Å². The first kappa shape index (κ1) is 16.7. The summed E-state index contributed by atoms with van der Waals surface area (Å²) in [6.07, 6.45) is 1.43. The van der Waals surface area contributed by atoms with E-state index in [0.29, 0.717) is 10.6 Å². The lowest BCUT2D eigenvalue weighted by atomic mass is 9.96. The summed E-state index contributed by atoms with van der Waals surface area (Å²) in [6.45, 7) is 1.58. The van der Waals surface area contributed by atoms with Crippen LogP contribution in [0.4, 0.5) is 5.82 Å². The number of nitrogens with one attached hydrogen (secondary N) is 1. The summed E-state index contributed by atoms with van der Waals surface area (Å²) < 4.78 is 23.0. The number of nitrogens with two attached hydrogens (primary N) is 1. The van der Waals surface area contributed by atoms with Crippen LogP contribution in [0.15, 0.2) is 47.5 Å². The van der Waals surface area contributed by atoms with E-state index >= 15 is 0 Å². The molecule has 0 spiro atoms. The van der Waals surface area contributed by atoms with Gasteiger partial charge in [-0.25, -0.2) is 18.5 Å². The number of nitrogens with zero attached hydrogens (tertiary/aromatic N) is 1. The molecular weight excluding hydrogens is 326 g/mol. The van der Waals surface area contributed by atoms with Crippen molar-refractivity contribution in [3.63, 3.8) is 0 Å². The maximum Gasteiger partial charge on any atom is 0.241 e. The van der Waals surface area contributed by atoms with Crippen LogP contribution in [0.2, 0.25) is 5.02 Å². The van der Waals surface area contributed by atoms with Crippen LogP contribution in [0.25, 0.3) is 0 Å². The van der Waals surface area contributed by atoms with Gasteiger partial charge in [-0.05, 0) is 25.1 Å². The van der Waals surface area contributed by atoms with Gasteiger partial charge in [-0.3, -0.25) is 0 Å². The predicted molar refractivity (Wildman–Crippen MR) is 85.1 cm³/mol. The molecule has 1 heterocycles. The summed E-state index contributed by atoms with van der Waals surface area (Å²) in [5.74, 6) is 0.0809. The molecule has 1 atom stereocenters. The third-order valence-corrected chi connectivity index (χ3v) is 4.40. The number of anilines is 1. The van der Waals surface area contributed by atoms with Crippen LogP contribution < -0.4 is 10.5 Å². The Morgan fingerprint density at radius 1 is 1.32 bits per heavy atom. The van der Waals surface area contributed by atoms with Crippen LogP contribution in [0.1, 0.15) is 12.5 Å². The monoisotopic (exact) mass is 341 g/mol. The molecule has 0 radical (unpaired) electrons. The van der Waals surface area contributed by atoms with E-state index in [9.17, 15) is 13.5 Å². The minimum absolute atomic E-state index is 0.0102. The van der Waals surface area contributed by atoms with Crippen molar-refractivity contribution >= 4 is 27.4 Å². The van der Waals surface area contributed by atoms with E-state index in [0.717, 1.165) is 0 Å². The number of rotatable bonds is 5. The number of halogens is 1. The Bertz CT molecular complexity index is 778. The molecule has 8 heteroatoms. The first-order valence-electron chi connectivity index (χ1n) is 6.41. The van der Waals surface area contributed by atoms with Crippen molar-refractivity contribution in [1.29, 1.82) is 0 Å². The van der Waals surface area contributed by atoms with E-state index in [2.05, 4.69) is 10.3 Å². The number of hydrogen-bond acceptors (Lipinski definition) is 5. The van der Waals surface area contributed by atoms with Crippen molar-refractivity contribution in [2.45, 2.75) is 17.4 Å². The van der Waals surface area contributed by atoms with Crippen LogP contribution in [0.3, 0.4) is 0 Å². The first-order chi connectivity index (χ1) is 10.2. The van der Waals surface area contributed by atoms with Gasteiger partial charge in [-0.15, -0.1) is 0 Å². The zero-order valence-electron chi connectivity index (χ0n) is 11.8. The van der Waals surface area contributed by atoms with Gasteiger partial charge in [0.1, 0.15) is 16.3 Å². The summed E-state index contributed by atoms with van der Waals surface area (Å²) in [4.78, 5) is 3.82. The molecule has 4 N–H and O–H groups in total. The summed E-state index contributed by atoms with van der Waals surface area (Å²) in [5, 5.41) is 18.9. The Labute approximate surface area is 134 Å². The van der Waals surface area contributed by atoms with Crippen molar-refractivity contribution in [2.24, 2.45) is 5.14 Å². The Kier molecular flexibility index (Phi) is 4.72. The van der Waals surface area contributed by atoms with E-state index in [4.69, 9.17) is 16.7 Å². The molecule has 0 amide bonds. The maximum absolute atomic E-state index is 11.5. The molecule has 0 aliphatic heterocycles. The van der Waals surface area contributed by atoms with Gasteiger partial charge in [-0.1, -0.05) is 29.8 Å². The Morgan fingerprint density at radius 2 is 2.00 bits per heavy atom. The highest BCUT2D eigenvalue weighted by Gasteiger charge is 2.26. The Hall–Kier alpha value is -1.67. The number of sulfonamides is 1. The minimum atomic E-state index is -3.91. The van der Waals surface area contributed by atoms with Gasteiger partial charge in [0.15, 0.2) is 0 Å². The van der Waals surface area contributed by atoms with E-state index in [1.54, 1.807) is 31.2 Å². The number of aliphatic hydroxyl groups is 1. The lowest BCUT2D eigenvalue weighted by Crippen LogP contribution is -2.32. The number of hydrogen-bond donors (Lipinski definition) is 3. The fraction of sp³-hybridized carbons (Fsp3) is 0.214. The largest absolute Gasteiger partial charge is 0.384 e. The van der Waals surface area contributed by atoms with Crippen molar-refractivity contribution in [2.75, 3.05) is 11.9 Å². The average molecular weight is 342 g/mol. The van der Waals surface area contributed by atoms with Crippen LogP contribution in [0.5, 0.6) is 0 Å². The molecular formula is C14H16ClN3O3S. The lowest BCUT2D eigenvalue weighted by Gasteiger charge is -2.25. The smallest absolute Gasteiger partial charge is 0.241 e. The van der Waals surface area contributed by atoms with Gasteiger partial charge in [0, 0.05) is 23.3 Å². The van der Waals surface area contributed by atoms with E-state index in [-0.39, 0.29) is 17.3 Å². The highest BCUT2D eigenvalue weighted by molar-refractivity contribution is 7.89. The third kappa shape index (κ3) is 3.75. The lowest BCUT2D eigenvalue weighted by molar-refractivity contribution is 0.0715. The van der Waals surface area contributed by atoms with Crippen LogP contribution >= 0.6 is 11.6 Å². The van der Waals surface area contributed by atoms with Gasteiger partial charge in [-0.2, -0.15) is 0 Å². The predicted octanol–water partition coefficient (Wildman–Crippen LogP) is 1.70. The highest BCUT2D eigenvalue weighted by Crippen LogP contribution is 2.28. The number of primary sulfonamides is 1. The first-order valence-corrected chi connectivity index (χ1v) is 8.33. The molecule has 1 aromatic heterocycles. The topological polar surface area (TPSA) is 105 Å². The molecule has 0 bridgehead atoms. The number of pyridine rings is 1. The Balaban J connectivity index is 2.26. The molecule has 0 fully saturated rings. The van der Waals surface area contributed by atoms with Gasteiger partial charge < -0.3 is 10.4 Å². The minimum Gasteiger partial charge on any atom is -0.384 e. The standard InChI is InChI=1S/C14H16ClN3O3S/c1-14(19,10-5-2-3-6-11(10)15)9-18-13-12(22(16,20)21)7-4-8-17-13/h2-8,19H,9H2,1H3,(H,17,18)(H2,16,20,21). The summed E-state index contributed by atoms with van der Waals surface area (Å²) in [6, 6.07) is 9.69. The zero-order valence-corrected chi connectivity index (χ0v) is 13.4. The molecule has 0 aliphatic carbocycles. The molecule has 2 aromatic rings. The maximum atomic E-state index is 11.5. The molecule has 6 nitrogen and oxygen atoms in total. The van der Waals surface area contributed by atoms with Gasteiger partial charge in [0.05, 0.1) is 0 Å². The van der Waals surface area contributed by atoms with Crippen molar-refractivity contribution in [3.8, 4) is 0 Å². The number of benzene rings is 1. The second-order valence-electron chi connectivity index (χ2n) is 5.00. The summed E-state index contributed by atoms with van der Waals surface area (Å²) in [5.41, 5.74) is -0.789. The molecule has 0 aliphatic rings. The SMILES string of the molecule is CC(O)(CNc1ncccc1S(N)(=O)=O)c1ccccc1Cl. The van der Waals surface area contributed by atoms with Crippen molar-refractivity contribution in [3.05, 3.63) is 53.2 Å². The molecule has 1 unspecified atom stereocenters. The van der Waals surface area contributed by atoms with Crippen LogP contribution in [-0.2, 0) is 15.6 Å². The van der Waals surface area contributed by atoms with Gasteiger partial charge in [0.2, 0.25) is 10.0 Å². The summed E-state index contributed by atoms with van der Waals surface area (Å²) in [7, 11) is -3.91. The van der Waals surface area contributed by atoms with Crippen LogP contribution in [0, 0.1) is 0 Å². The van der Waals surface area contributed by atoms with Crippen molar-refractivity contribution in [1.82, 2.24) is 4.98 Å². The average Bonchev–Trinajstić information content (AvgIpc) is 2.45. The van der Waals surface area contributed by atoms with Crippen LogP contribution in [-0.4, -0.2) is 25.1 Å². The Morgan fingerprint density at radius 3 is 2.64 bits per heavy atom. The highest BCUT2D eigenvalue weighted by atomic mass is 35.5. The molecule has 1 aromatic carbocycles. The molecule has 0 saturated heterocycles. The van der Waals surface area contributed by atoms with E-state index < -0.39 is 15.6 Å². The second kappa shape index (κ2) is 6.21. The molecule has 0 saturated carbocycles. The molecule has 2 rings (SSSR count). The fourth-order valence-corrected chi connectivity index (χ4v) is 3.00. The summed E-state index contributed by atoms with van der Waals surface area (Å²) >= 11 is 6.08. The number of aromatic nitrogens is 1. The zero-order chi connectivity index (χ0) is 16.4. The molecule has 118 valence electrons. The third-order valence-electron chi connectivity index (χ3n) is 3.13. The van der Waals surface area contributed by atoms with Gasteiger partial charge in [0.25, 0.3) is 0 Å². The fourth-order valence-electron chi connectivity index (χ4n) is 2.00. The quantitative estimate of drug-likeness (QED) is 0.767.